The van der Waals surface area contributed by atoms with Crippen LogP contribution in [-0.4, -0.2) is 19.5 Å². The van der Waals surface area contributed by atoms with E-state index in [4.69, 9.17) is 0 Å². The lowest BCUT2D eigenvalue weighted by molar-refractivity contribution is 0.322. The van der Waals surface area contributed by atoms with Gasteiger partial charge in [-0.1, -0.05) is 27.7 Å². The van der Waals surface area contributed by atoms with E-state index in [-0.39, 0.29) is 0 Å². The van der Waals surface area contributed by atoms with Gasteiger partial charge in [-0.2, -0.15) is 0 Å². The SMILES string of the molecule is CC(CP(C)C)CC(C)(C)C. The number of hydrogen-bond donors (Lipinski definition) is 0. The van der Waals surface area contributed by atoms with Crippen LogP contribution in [0.15, 0.2) is 0 Å². The van der Waals surface area contributed by atoms with Gasteiger partial charge in [-0.25, -0.2) is 0 Å². The molecule has 0 radical (unpaired) electrons. The third-order valence-electron chi connectivity index (χ3n) is 1.64. The van der Waals surface area contributed by atoms with E-state index in [1.165, 1.54) is 12.6 Å². The van der Waals surface area contributed by atoms with Crippen LogP contribution in [0, 0.1) is 11.3 Å². The van der Waals surface area contributed by atoms with E-state index < -0.39 is 0 Å². The molecule has 1 heteroatoms. The van der Waals surface area contributed by atoms with Crippen LogP contribution >= 0.6 is 7.92 Å². The Balaban J connectivity index is 3.61. The van der Waals surface area contributed by atoms with Crippen LogP contribution in [0.3, 0.4) is 0 Å². The highest BCUT2D eigenvalue weighted by Crippen LogP contribution is 2.33. The molecule has 1 unspecified atom stereocenters. The van der Waals surface area contributed by atoms with E-state index in [2.05, 4.69) is 41.0 Å². The van der Waals surface area contributed by atoms with E-state index in [9.17, 15) is 0 Å². The summed E-state index contributed by atoms with van der Waals surface area (Å²) in [4.78, 5) is 0. The molecule has 0 nitrogen and oxygen atoms in total. The average molecular weight is 174 g/mol. The molecule has 0 aliphatic rings. The van der Waals surface area contributed by atoms with Crippen molar-refractivity contribution in [2.75, 3.05) is 19.5 Å². The molecule has 68 valence electrons. The highest BCUT2D eigenvalue weighted by atomic mass is 31.1. The molecule has 1 atom stereocenters. The fourth-order valence-electron chi connectivity index (χ4n) is 1.73. The van der Waals surface area contributed by atoms with Gasteiger partial charge in [0.25, 0.3) is 0 Å². The summed E-state index contributed by atoms with van der Waals surface area (Å²) in [5.74, 6) is 0.913. The Morgan fingerprint density at radius 2 is 1.64 bits per heavy atom. The molecule has 0 fully saturated rings. The predicted molar refractivity (Wildman–Crippen MR) is 56.9 cm³/mol. The molecule has 0 aliphatic carbocycles. The van der Waals surface area contributed by atoms with Crippen LogP contribution < -0.4 is 0 Å². The van der Waals surface area contributed by atoms with Gasteiger partial charge in [-0.05, 0) is 37.2 Å². The zero-order valence-corrected chi connectivity index (χ0v) is 9.83. The average Bonchev–Trinajstić information content (AvgIpc) is 1.53. The van der Waals surface area contributed by atoms with E-state index in [1.807, 2.05) is 0 Å². The smallest absolute Gasteiger partial charge is 0.0305 e. The Morgan fingerprint density at radius 1 is 1.18 bits per heavy atom. The summed E-state index contributed by atoms with van der Waals surface area (Å²) in [6, 6.07) is 0. The maximum absolute atomic E-state index is 2.38. The van der Waals surface area contributed by atoms with Gasteiger partial charge in [-0.15, -0.1) is 7.92 Å². The van der Waals surface area contributed by atoms with Crippen molar-refractivity contribution in [1.82, 2.24) is 0 Å². The van der Waals surface area contributed by atoms with Gasteiger partial charge < -0.3 is 0 Å². The topological polar surface area (TPSA) is 0 Å². The first-order chi connectivity index (χ1) is 4.81. The second kappa shape index (κ2) is 4.45. The van der Waals surface area contributed by atoms with Crippen molar-refractivity contribution in [2.24, 2.45) is 11.3 Å². The minimum absolute atomic E-state index is 0.307. The van der Waals surface area contributed by atoms with Crippen LogP contribution in [0.1, 0.15) is 34.1 Å². The first-order valence-corrected chi connectivity index (χ1v) is 6.88. The summed E-state index contributed by atoms with van der Waals surface area (Å²) < 4.78 is 0. The minimum atomic E-state index is 0.307. The number of rotatable bonds is 3. The van der Waals surface area contributed by atoms with Crippen LogP contribution in [0.2, 0.25) is 0 Å². The van der Waals surface area contributed by atoms with E-state index in [0.29, 0.717) is 13.3 Å². The molecule has 0 aliphatic heterocycles. The molecule has 0 saturated carbocycles. The van der Waals surface area contributed by atoms with Crippen molar-refractivity contribution in [3.63, 3.8) is 0 Å². The molecule has 0 saturated heterocycles. The fraction of sp³-hybridized carbons (Fsp3) is 1.00. The standard InChI is InChI=1S/C10H23P/c1-9(8-11(5)6)7-10(2,3)4/h9H,7-8H2,1-6H3. The quantitative estimate of drug-likeness (QED) is 0.571. The molecule has 0 rings (SSSR count). The monoisotopic (exact) mass is 174 g/mol. The van der Waals surface area contributed by atoms with Gasteiger partial charge in [0.15, 0.2) is 0 Å². The van der Waals surface area contributed by atoms with Crippen LogP contribution in [0.4, 0.5) is 0 Å². The molecule has 0 aromatic carbocycles. The molecule has 11 heavy (non-hydrogen) atoms. The summed E-state index contributed by atoms with van der Waals surface area (Å²) >= 11 is 0. The highest BCUT2D eigenvalue weighted by Gasteiger charge is 2.15. The van der Waals surface area contributed by atoms with Crippen LogP contribution in [0.25, 0.3) is 0 Å². The molecule has 0 aromatic heterocycles. The Hall–Kier alpha value is 0.430. The minimum Gasteiger partial charge on any atom is -0.113 e. The summed E-state index contributed by atoms with van der Waals surface area (Å²) in [6.45, 7) is 14.1. The Kier molecular flexibility index (Phi) is 4.63. The molecule has 0 aromatic rings. The summed E-state index contributed by atoms with van der Waals surface area (Å²) in [7, 11) is 0.307. The largest absolute Gasteiger partial charge is 0.113 e. The molecular weight excluding hydrogens is 151 g/mol. The van der Waals surface area contributed by atoms with Gasteiger partial charge in [0, 0.05) is 0 Å². The van der Waals surface area contributed by atoms with E-state index >= 15 is 0 Å². The third kappa shape index (κ3) is 8.34. The first kappa shape index (κ1) is 11.4. The zero-order valence-electron chi connectivity index (χ0n) is 8.94. The van der Waals surface area contributed by atoms with Gasteiger partial charge >= 0.3 is 0 Å². The Labute approximate surface area is 73.5 Å². The second-order valence-electron chi connectivity index (χ2n) is 5.13. The molecule has 0 spiro atoms. The van der Waals surface area contributed by atoms with Gasteiger partial charge in [0.05, 0.1) is 0 Å². The van der Waals surface area contributed by atoms with Crippen molar-refractivity contribution in [2.45, 2.75) is 34.1 Å². The Morgan fingerprint density at radius 3 is 1.91 bits per heavy atom. The molecule has 0 bridgehead atoms. The highest BCUT2D eigenvalue weighted by molar-refractivity contribution is 7.55. The van der Waals surface area contributed by atoms with Crippen molar-refractivity contribution in [1.29, 1.82) is 0 Å². The summed E-state index contributed by atoms with van der Waals surface area (Å²) in [6.07, 6.45) is 2.81. The zero-order chi connectivity index (χ0) is 9.07. The third-order valence-corrected chi connectivity index (χ3v) is 2.99. The lowest BCUT2D eigenvalue weighted by Crippen LogP contribution is -2.12. The van der Waals surface area contributed by atoms with Crippen molar-refractivity contribution in [3.8, 4) is 0 Å². The summed E-state index contributed by atoms with van der Waals surface area (Å²) in [5.41, 5.74) is 0.519. The van der Waals surface area contributed by atoms with Crippen LogP contribution in [0.5, 0.6) is 0 Å². The van der Waals surface area contributed by atoms with Crippen molar-refractivity contribution < 1.29 is 0 Å². The van der Waals surface area contributed by atoms with Crippen molar-refractivity contribution >= 4 is 7.92 Å². The fourth-order valence-corrected chi connectivity index (χ4v) is 3.11. The van der Waals surface area contributed by atoms with E-state index in [0.717, 1.165) is 5.92 Å². The summed E-state index contributed by atoms with van der Waals surface area (Å²) in [5, 5.41) is 0. The molecule has 0 N–H and O–H groups in total. The lowest BCUT2D eigenvalue weighted by atomic mass is 9.86. The van der Waals surface area contributed by atoms with Gasteiger partial charge in [0.2, 0.25) is 0 Å². The van der Waals surface area contributed by atoms with Gasteiger partial charge in [0.1, 0.15) is 0 Å². The maximum Gasteiger partial charge on any atom is -0.0305 e. The van der Waals surface area contributed by atoms with Crippen molar-refractivity contribution in [3.05, 3.63) is 0 Å². The van der Waals surface area contributed by atoms with Gasteiger partial charge in [-0.3, -0.25) is 0 Å². The Bertz CT molecular complexity index is 99.9. The van der Waals surface area contributed by atoms with E-state index in [1.54, 1.807) is 0 Å². The lowest BCUT2D eigenvalue weighted by Gasteiger charge is -2.24. The molecular formula is C10H23P. The molecule has 0 heterocycles. The normalized spacial score (nSPS) is 15.5. The second-order valence-corrected chi connectivity index (χ2v) is 7.66. The van der Waals surface area contributed by atoms with Crippen LogP contribution in [-0.2, 0) is 0 Å². The number of hydrogen-bond acceptors (Lipinski definition) is 0. The predicted octanol–water partition coefficient (Wildman–Crippen LogP) is 3.80. The first-order valence-electron chi connectivity index (χ1n) is 4.46. The maximum atomic E-state index is 2.38. The molecule has 0 amide bonds.